The molecule has 1 aromatic rings. The molecule has 0 spiro atoms. The van der Waals surface area contributed by atoms with Crippen LogP contribution in [0.2, 0.25) is 0 Å². The normalized spacial score (nSPS) is 17.7. The molecule has 18 heavy (non-hydrogen) atoms. The van der Waals surface area contributed by atoms with Gasteiger partial charge in [-0.1, -0.05) is 18.2 Å². The maximum atomic E-state index is 11.3. The average molecular weight is 247 g/mol. The van der Waals surface area contributed by atoms with Gasteiger partial charge in [0.05, 0.1) is 0 Å². The maximum absolute atomic E-state index is 11.3. The van der Waals surface area contributed by atoms with Crippen molar-refractivity contribution in [2.24, 2.45) is 5.73 Å². The molecule has 1 aromatic carbocycles. The Kier molecular flexibility index (Phi) is 3.87. The molecule has 1 aliphatic rings. The SMILES string of the molecule is CC(=O)N1CCN(c2ccccc2[C@H](C)N)CC1. The highest BCUT2D eigenvalue weighted by Crippen LogP contribution is 2.25. The zero-order valence-electron chi connectivity index (χ0n) is 11.1. The minimum absolute atomic E-state index is 0.0343. The number of amides is 1. The second-order valence-electron chi connectivity index (χ2n) is 4.84. The first-order valence-corrected chi connectivity index (χ1v) is 6.44. The van der Waals surface area contributed by atoms with Gasteiger partial charge in [0.15, 0.2) is 0 Å². The summed E-state index contributed by atoms with van der Waals surface area (Å²) < 4.78 is 0. The highest BCUT2D eigenvalue weighted by atomic mass is 16.2. The van der Waals surface area contributed by atoms with Gasteiger partial charge >= 0.3 is 0 Å². The zero-order valence-corrected chi connectivity index (χ0v) is 11.1. The molecule has 1 atom stereocenters. The van der Waals surface area contributed by atoms with Crippen LogP contribution in [0, 0.1) is 0 Å². The van der Waals surface area contributed by atoms with Crippen LogP contribution in [0.4, 0.5) is 5.69 Å². The van der Waals surface area contributed by atoms with E-state index < -0.39 is 0 Å². The molecule has 0 saturated carbocycles. The second-order valence-corrected chi connectivity index (χ2v) is 4.84. The van der Waals surface area contributed by atoms with E-state index in [4.69, 9.17) is 5.73 Å². The van der Waals surface area contributed by atoms with Crippen LogP contribution in [0.1, 0.15) is 25.5 Å². The number of piperazine rings is 1. The van der Waals surface area contributed by atoms with Crippen LogP contribution in [-0.4, -0.2) is 37.0 Å². The molecule has 1 saturated heterocycles. The minimum atomic E-state index is 0.0343. The van der Waals surface area contributed by atoms with E-state index >= 15 is 0 Å². The smallest absolute Gasteiger partial charge is 0.219 e. The van der Waals surface area contributed by atoms with Crippen LogP contribution in [0.3, 0.4) is 0 Å². The molecular weight excluding hydrogens is 226 g/mol. The molecule has 1 fully saturated rings. The van der Waals surface area contributed by atoms with Crippen LogP contribution >= 0.6 is 0 Å². The Balaban J connectivity index is 2.12. The van der Waals surface area contributed by atoms with E-state index in [2.05, 4.69) is 17.0 Å². The molecular formula is C14H21N3O. The van der Waals surface area contributed by atoms with Gasteiger partial charge in [0, 0.05) is 44.8 Å². The Hall–Kier alpha value is -1.55. The molecule has 0 unspecified atom stereocenters. The fourth-order valence-corrected chi connectivity index (χ4v) is 2.42. The van der Waals surface area contributed by atoms with E-state index in [1.165, 1.54) is 11.3 Å². The Morgan fingerprint density at radius 1 is 1.22 bits per heavy atom. The summed E-state index contributed by atoms with van der Waals surface area (Å²) >= 11 is 0. The van der Waals surface area contributed by atoms with Crippen molar-refractivity contribution in [3.05, 3.63) is 29.8 Å². The quantitative estimate of drug-likeness (QED) is 0.859. The van der Waals surface area contributed by atoms with Crippen molar-refractivity contribution in [2.75, 3.05) is 31.1 Å². The van der Waals surface area contributed by atoms with E-state index in [9.17, 15) is 4.79 Å². The van der Waals surface area contributed by atoms with E-state index in [1.807, 2.05) is 24.0 Å². The number of nitrogens with zero attached hydrogens (tertiary/aromatic N) is 2. The summed E-state index contributed by atoms with van der Waals surface area (Å²) in [7, 11) is 0. The van der Waals surface area contributed by atoms with Crippen molar-refractivity contribution in [3.8, 4) is 0 Å². The first-order chi connectivity index (χ1) is 8.59. The molecule has 0 aromatic heterocycles. The lowest BCUT2D eigenvalue weighted by molar-refractivity contribution is -0.129. The van der Waals surface area contributed by atoms with Gasteiger partial charge in [-0.2, -0.15) is 0 Å². The third kappa shape index (κ3) is 2.64. The van der Waals surface area contributed by atoms with Crippen molar-refractivity contribution in [3.63, 3.8) is 0 Å². The molecule has 4 nitrogen and oxygen atoms in total. The van der Waals surface area contributed by atoms with E-state index in [0.29, 0.717) is 0 Å². The van der Waals surface area contributed by atoms with E-state index in [-0.39, 0.29) is 11.9 Å². The summed E-state index contributed by atoms with van der Waals surface area (Å²) in [5, 5.41) is 0. The van der Waals surface area contributed by atoms with Crippen LogP contribution in [0.15, 0.2) is 24.3 Å². The molecule has 0 radical (unpaired) electrons. The summed E-state index contributed by atoms with van der Waals surface area (Å²) in [4.78, 5) is 15.5. The molecule has 4 heteroatoms. The zero-order chi connectivity index (χ0) is 13.1. The Labute approximate surface area is 108 Å². The number of carbonyl (C=O) groups is 1. The predicted octanol–water partition coefficient (Wildman–Crippen LogP) is 1.37. The maximum Gasteiger partial charge on any atom is 0.219 e. The Morgan fingerprint density at radius 2 is 1.83 bits per heavy atom. The third-order valence-electron chi connectivity index (χ3n) is 3.49. The fraction of sp³-hybridized carbons (Fsp3) is 0.500. The van der Waals surface area contributed by atoms with Gasteiger partial charge < -0.3 is 15.5 Å². The lowest BCUT2D eigenvalue weighted by atomic mass is 10.1. The highest BCUT2D eigenvalue weighted by Gasteiger charge is 2.20. The Morgan fingerprint density at radius 3 is 2.39 bits per heavy atom. The lowest BCUT2D eigenvalue weighted by Gasteiger charge is -2.37. The van der Waals surface area contributed by atoms with Crippen molar-refractivity contribution in [1.82, 2.24) is 4.90 Å². The third-order valence-corrected chi connectivity index (χ3v) is 3.49. The van der Waals surface area contributed by atoms with Crippen molar-refractivity contribution in [2.45, 2.75) is 19.9 Å². The summed E-state index contributed by atoms with van der Waals surface area (Å²) in [5.41, 5.74) is 8.38. The predicted molar refractivity (Wildman–Crippen MR) is 73.5 cm³/mol. The van der Waals surface area contributed by atoms with Crippen LogP contribution in [0.5, 0.6) is 0 Å². The van der Waals surface area contributed by atoms with Gasteiger partial charge in [-0.3, -0.25) is 4.79 Å². The van der Waals surface area contributed by atoms with Crippen molar-refractivity contribution in [1.29, 1.82) is 0 Å². The van der Waals surface area contributed by atoms with Gasteiger partial charge in [-0.05, 0) is 18.6 Å². The number of para-hydroxylation sites is 1. The molecule has 2 rings (SSSR count). The number of rotatable bonds is 2. The summed E-state index contributed by atoms with van der Waals surface area (Å²) in [6, 6.07) is 8.29. The molecule has 0 bridgehead atoms. The first kappa shape index (κ1) is 12.9. The minimum Gasteiger partial charge on any atom is -0.368 e. The standard InChI is InChI=1S/C14H21N3O/c1-11(15)13-5-3-4-6-14(13)17-9-7-16(8-10-17)12(2)18/h3-6,11H,7-10,15H2,1-2H3/t11-/m0/s1. The van der Waals surface area contributed by atoms with Crippen LogP contribution in [-0.2, 0) is 4.79 Å². The number of hydrogen-bond acceptors (Lipinski definition) is 3. The average Bonchev–Trinajstić information content (AvgIpc) is 2.39. The topological polar surface area (TPSA) is 49.6 Å². The van der Waals surface area contributed by atoms with Gasteiger partial charge in [-0.15, -0.1) is 0 Å². The lowest BCUT2D eigenvalue weighted by Crippen LogP contribution is -2.48. The molecule has 0 aliphatic carbocycles. The molecule has 1 heterocycles. The largest absolute Gasteiger partial charge is 0.368 e. The van der Waals surface area contributed by atoms with Gasteiger partial charge in [0.2, 0.25) is 5.91 Å². The fourth-order valence-electron chi connectivity index (χ4n) is 2.42. The number of hydrogen-bond donors (Lipinski definition) is 1. The number of carbonyl (C=O) groups excluding carboxylic acids is 1. The molecule has 2 N–H and O–H groups in total. The van der Waals surface area contributed by atoms with Crippen LogP contribution < -0.4 is 10.6 Å². The molecule has 98 valence electrons. The number of anilines is 1. The van der Waals surface area contributed by atoms with Gasteiger partial charge in [-0.25, -0.2) is 0 Å². The van der Waals surface area contributed by atoms with Gasteiger partial charge in [0.25, 0.3) is 0 Å². The molecule has 1 aliphatic heterocycles. The van der Waals surface area contributed by atoms with Crippen LogP contribution in [0.25, 0.3) is 0 Å². The van der Waals surface area contributed by atoms with E-state index in [1.54, 1.807) is 6.92 Å². The summed E-state index contributed by atoms with van der Waals surface area (Å²) in [6.45, 7) is 6.98. The van der Waals surface area contributed by atoms with Crippen molar-refractivity contribution < 1.29 is 4.79 Å². The monoisotopic (exact) mass is 247 g/mol. The first-order valence-electron chi connectivity index (χ1n) is 6.44. The van der Waals surface area contributed by atoms with Crippen molar-refractivity contribution >= 4 is 11.6 Å². The molecule has 1 amide bonds. The van der Waals surface area contributed by atoms with Gasteiger partial charge in [0.1, 0.15) is 0 Å². The number of nitrogens with two attached hydrogens (primary N) is 1. The highest BCUT2D eigenvalue weighted by molar-refractivity contribution is 5.73. The Bertz CT molecular complexity index is 423. The summed E-state index contributed by atoms with van der Waals surface area (Å²) in [6.07, 6.45) is 0. The summed E-state index contributed by atoms with van der Waals surface area (Å²) in [5.74, 6) is 0.162. The number of benzene rings is 1. The second kappa shape index (κ2) is 5.40. The van der Waals surface area contributed by atoms with E-state index in [0.717, 1.165) is 26.2 Å².